The molecule has 128 valence electrons. The van der Waals surface area contributed by atoms with Crippen LogP contribution in [0.15, 0.2) is 24.3 Å². The number of nitrogens with zero attached hydrogens (tertiary/aromatic N) is 1. The standard InChI is InChI=1S/C15H14ClFN2O4S/c1-8-13(14(20)19-11(6-17)15(21)22)24-12(18-8)7-23-10-4-2-9(16)3-5-10/h2-5,11H,6-7H2,1H3,(H,19,20)(H,21,22). The van der Waals surface area contributed by atoms with Gasteiger partial charge in [-0.15, -0.1) is 11.3 Å². The summed E-state index contributed by atoms with van der Waals surface area (Å²) in [6.45, 7) is 0.569. The summed E-state index contributed by atoms with van der Waals surface area (Å²) < 4.78 is 18.1. The van der Waals surface area contributed by atoms with E-state index < -0.39 is 24.6 Å². The topological polar surface area (TPSA) is 88.5 Å². The van der Waals surface area contributed by atoms with Crippen LogP contribution in [-0.4, -0.2) is 34.7 Å². The Morgan fingerprint density at radius 2 is 2.08 bits per heavy atom. The van der Waals surface area contributed by atoms with Gasteiger partial charge >= 0.3 is 5.97 Å². The molecule has 0 aliphatic carbocycles. The molecule has 24 heavy (non-hydrogen) atoms. The van der Waals surface area contributed by atoms with Crippen molar-refractivity contribution in [2.45, 2.75) is 19.6 Å². The molecule has 0 aliphatic rings. The molecule has 1 unspecified atom stereocenters. The number of carbonyl (C=O) groups excluding carboxylic acids is 1. The lowest BCUT2D eigenvalue weighted by Gasteiger charge is -2.09. The molecular weight excluding hydrogens is 359 g/mol. The number of aromatic nitrogens is 1. The Kier molecular flexibility index (Phi) is 6.10. The molecule has 0 saturated carbocycles. The van der Waals surface area contributed by atoms with Gasteiger partial charge in [0.15, 0.2) is 6.04 Å². The van der Waals surface area contributed by atoms with Gasteiger partial charge in [-0.1, -0.05) is 11.6 Å². The minimum atomic E-state index is -1.58. The van der Waals surface area contributed by atoms with Gasteiger partial charge in [0.1, 0.15) is 28.9 Å². The molecule has 2 rings (SSSR count). The Labute approximate surface area is 146 Å². The second-order valence-electron chi connectivity index (χ2n) is 4.78. The smallest absolute Gasteiger partial charge is 0.328 e. The van der Waals surface area contributed by atoms with Gasteiger partial charge in [-0.3, -0.25) is 4.79 Å². The average Bonchev–Trinajstić information content (AvgIpc) is 2.92. The number of amides is 1. The van der Waals surface area contributed by atoms with E-state index in [-0.39, 0.29) is 11.5 Å². The number of ether oxygens (including phenoxy) is 1. The molecule has 0 aliphatic heterocycles. The lowest BCUT2D eigenvalue weighted by atomic mass is 10.3. The molecule has 1 aromatic heterocycles. The van der Waals surface area contributed by atoms with Crippen LogP contribution < -0.4 is 10.1 Å². The lowest BCUT2D eigenvalue weighted by molar-refractivity contribution is -0.139. The van der Waals surface area contributed by atoms with Crippen LogP contribution in [0.1, 0.15) is 20.4 Å². The number of rotatable bonds is 7. The van der Waals surface area contributed by atoms with E-state index in [1.807, 2.05) is 0 Å². The molecule has 2 aromatic rings. The summed E-state index contributed by atoms with van der Waals surface area (Å²) in [5.74, 6) is -1.51. The van der Waals surface area contributed by atoms with E-state index in [4.69, 9.17) is 21.4 Å². The van der Waals surface area contributed by atoms with Gasteiger partial charge in [0, 0.05) is 5.02 Å². The van der Waals surface area contributed by atoms with Crippen LogP contribution in [0.3, 0.4) is 0 Å². The van der Waals surface area contributed by atoms with Gasteiger partial charge in [0.2, 0.25) is 0 Å². The minimum Gasteiger partial charge on any atom is -0.486 e. The number of hydrogen-bond donors (Lipinski definition) is 2. The van der Waals surface area contributed by atoms with E-state index in [9.17, 15) is 14.0 Å². The molecule has 0 radical (unpaired) electrons. The number of benzene rings is 1. The predicted octanol–water partition coefficient (Wildman–Crippen LogP) is 2.84. The number of aryl methyl sites for hydroxylation is 1. The zero-order chi connectivity index (χ0) is 17.7. The van der Waals surface area contributed by atoms with Gasteiger partial charge in [-0.05, 0) is 31.2 Å². The highest BCUT2D eigenvalue weighted by Crippen LogP contribution is 2.21. The van der Waals surface area contributed by atoms with Crippen LogP contribution in [0.2, 0.25) is 5.02 Å². The normalized spacial score (nSPS) is 11.8. The summed E-state index contributed by atoms with van der Waals surface area (Å²) in [4.78, 5) is 27.2. The van der Waals surface area contributed by atoms with Gasteiger partial charge in [-0.2, -0.15) is 0 Å². The monoisotopic (exact) mass is 372 g/mol. The van der Waals surface area contributed by atoms with Crippen molar-refractivity contribution in [1.82, 2.24) is 10.3 Å². The van der Waals surface area contributed by atoms with E-state index >= 15 is 0 Å². The number of halogens is 2. The first-order valence-electron chi connectivity index (χ1n) is 6.85. The van der Waals surface area contributed by atoms with Crippen molar-refractivity contribution in [3.05, 3.63) is 44.9 Å². The molecule has 0 saturated heterocycles. The summed E-state index contributed by atoms with van der Waals surface area (Å²) in [5, 5.41) is 12.0. The Hall–Kier alpha value is -2.19. The minimum absolute atomic E-state index is 0.145. The maximum Gasteiger partial charge on any atom is 0.328 e. The van der Waals surface area contributed by atoms with Crippen LogP contribution in [0, 0.1) is 6.92 Å². The van der Waals surface area contributed by atoms with Crippen LogP contribution in [-0.2, 0) is 11.4 Å². The van der Waals surface area contributed by atoms with Gasteiger partial charge in [0.25, 0.3) is 5.91 Å². The number of thiazole rings is 1. The predicted molar refractivity (Wildman–Crippen MR) is 87.5 cm³/mol. The van der Waals surface area contributed by atoms with Crippen LogP contribution in [0.4, 0.5) is 4.39 Å². The molecule has 0 spiro atoms. The third-order valence-electron chi connectivity index (χ3n) is 2.98. The van der Waals surface area contributed by atoms with E-state index in [2.05, 4.69) is 10.3 Å². The SMILES string of the molecule is Cc1nc(COc2ccc(Cl)cc2)sc1C(=O)NC(CF)C(=O)O. The number of nitrogens with one attached hydrogen (secondary N) is 1. The Morgan fingerprint density at radius 3 is 2.67 bits per heavy atom. The van der Waals surface area contributed by atoms with Crippen molar-refractivity contribution in [3.8, 4) is 5.75 Å². The first-order valence-corrected chi connectivity index (χ1v) is 8.04. The summed E-state index contributed by atoms with van der Waals surface area (Å²) in [7, 11) is 0. The molecule has 0 bridgehead atoms. The van der Waals surface area contributed by atoms with Crippen molar-refractivity contribution < 1.29 is 23.8 Å². The fourth-order valence-electron chi connectivity index (χ4n) is 1.79. The number of alkyl halides is 1. The largest absolute Gasteiger partial charge is 0.486 e. The zero-order valence-electron chi connectivity index (χ0n) is 12.6. The van der Waals surface area contributed by atoms with Gasteiger partial charge in [-0.25, -0.2) is 14.2 Å². The van der Waals surface area contributed by atoms with E-state index in [1.165, 1.54) is 0 Å². The first kappa shape index (κ1) is 18.2. The summed E-state index contributed by atoms with van der Waals surface area (Å²) >= 11 is 6.85. The molecule has 1 heterocycles. The number of carboxylic acids is 1. The molecular formula is C15H14ClFN2O4S. The number of hydrogen-bond acceptors (Lipinski definition) is 5. The molecule has 9 heteroatoms. The Balaban J connectivity index is 2.02. The van der Waals surface area contributed by atoms with E-state index in [0.29, 0.717) is 21.5 Å². The quantitative estimate of drug-likeness (QED) is 0.780. The zero-order valence-corrected chi connectivity index (χ0v) is 14.2. The number of carbonyl (C=O) groups is 2. The lowest BCUT2D eigenvalue weighted by Crippen LogP contribution is -2.42. The van der Waals surface area contributed by atoms with Crippen molar-refractivity contribution in [2.75, 3.05) is 6.67 Å². The molecule has 2 N–H and O–H groups in total. The Morgan fingerprint density at radius 1 is 1.42 bits per heavy atom. The molecule has 1 amide bonds. The highest BCUT2D eigenvalue weighted by Gasteiger charge is 2.23. The summed E-state index contributed by atoms with van der Waals surface area (Å²) in [5.41, 5.74) is 0.426. The number of carboxylic acid groups (broad SMARTS) is 1. The highest BCUT2D eigenvalue weighted by molar-refractivity contribution is 7.13. The first-order chi connectivity index (χ1) is 11.4. The van der Waals surface area contributed by atoms with Gasteiger partial charge in [0.05, 0.1) is 5.69 Å². The average molecular weight is 373 g/mol. The third-order valence-corrected chi connectivity index (χ3v) is 4.36. The molecule has 1 aromatic carbocycles. The molecule has 0 fully saturated rings. The van der Waals surface area contributed by atoms with Crippen LogP contribution in [0.5, 0.6) is 5.75 Å². The van der Waals surface area contributed by atoms with Crippen LogP contribution in [0.25, 0.3) is 0 Å². The second kappa shape index (κ2) is 8.07. The highest BCUT2D eigenvalue weighted by atomic mass is 35.5. The van der Waals surface area contributed by atoms with Crippen LogP contribution >= 0.6 is 22.9 Å². The Bertz CT molecular complexity index is 736. The maximum atomic E-state index is 12.6. The fraction of sp³-hybridized carbons (Fsp3) is 0.267. The summed E-state index contributed by atoms with van der Waals surface area (Å²) in [6.07, 6.45) is 0. The van der Waals surface area contributed by atoms with E-state index in [1.54, 1.807) is 31.2 Å². The van der Waals surface area contributed by atoms with Crippen molar-refractivity contribution >= 4 is 34.8 Å². The van der Waals surface area contributed by atoms with Gasteiger partial charge < -0.3 is 15.2 Å². The second-order valence-corrected chi connectivity index (χ2v) is 6.30. The molecule has 6 nitrogen and oxygen atoms in total. The van der Waals surface area contributed by atoms with Crippen molar-refractivity contribution in [2.24, 2.45) is 0 Å². The van der Waals surface area contributed by atoms with Crippen molar-refractivity contribution in [3.63, 3.8) is 0 Å². The van der Waals surface area contributed by atoms with E-state index in [0.717, 1.165) is 11.3 Å². The third kappa shape index (κ3) is 4.65. The maximum absolute atomic E-state index is 12.6. The fourth-order valence-corrected chi connectivity index (χ4v) is 2.80. The number of aliphatic carboxylic acids is 1. The van der Waals surface area contributed by atoms with Crippen molar-refractivity contribution in [1.29, 1.82) is 0 Å². The molecule has 1 atom stereocenters. The summed E-state index contributed by atoms with van der Waals surface area (Å²) in [6, 6.07) is 5.20.